The van der Waals surface area contributed by atoms with Gasteiger partial charge in [0.2, 0.25) is 0 Å². The van der Waals surface area contributed by atoms with Gasteiger partial charge in [0, 0.05) is 6.61 Å². The molecule has 0 aliphatic carbocycles. The predicted molar refractivity (Wildman–Crippen MR) is 85.8 cm³/mol. The van der Waals surface area contributed by atoms with E-state index in [1.807, 2.05) is 0 Å². The zero-order valence-corrected chi connectivity index (χ0v) is 14.4. The first-order chi connectivity index (χ1) is 8.62. The van der Waals surface area contributed by atoms with Gasteiger partial charge in [-0.3, -0.25) is 0 Å². The molecular formula is C16H36OSi. The zero-order chi connectivity index (χ0) is 13.7. The molecule has 0 aromatic rings. The molecule has 0 amide bonds. The molecule has 0 heterocycles. The Morgan fingerprint density at radius 1 is 0.667 bits per heavy atom. The highest BCUT2D eigenvalue weighted by Gasteiger charge is 2.20. The van der Waals surface area contributed by atoms with Gasteiger partial charge in [0.1, 0.15) is 0 Å². The van der Waals surface area contributed by atoms with Crippen LogP contribution < -0.4 is 0 Å². The van der Waals surface area contributed by atoms with Crippen LogP contribution in [0.25, 0.3) is 0 Å². The lowest BCUT2D eigenvalue weighted by molar-refractivity contribution is 0.297. The summed E-state index contributed by atoms with van der Waals surface area (Å²) in [6.45, 7) is 10.3. The lowest BCUT2D eigenvalue weighted by atomic mass is 10.1. The Kier molecular flexibility index (Phi) is 12.3. The van der Waals surface area contributed by atoms with E-state index in [9.17, 15) is 0 Å². The summed E-state index contributed by atoms with van der Waals surface area (Å²) >= 11 is 0. The summed E-state index contributed by atoms with van der Waals surface area (Å²) in [4.78, 5) is 0. The van der Waals surface area contributed by atoms with E-state index in [-0.39, 0.29) is 0 Å². The fourth-order valence-corrected chi connectivity index (χ4v) is 4.19. The summed E-state index contributed by atoms with van der Waals surface area (Å²) in [5, 5.41) is 0. The summed E-state index contributed by atoms with van der Waals surface area (Å²) in [6.07, 6.45) is 13.8. The maximum Gasteiger partial charge on any atom is 0.186 e. The van der Waals surface area contributed by atoms with Crippen molar-refractivity contribution in [2.45, 2.75) is 97.2 Å². The minimum atomic E-state index is -1.32. The fourth-order valence-electron chi connectivity index (χ4n) is 2.25. The van der Waals surface area contributed by atoms with Crippen LogP contribution in [0, 0.1) is 0 Å². The zero-order valence-electron chi connectivity index (χ0n) is 13.4. The van der Waals surface area contributed by atoms with Crippen molar-refractivity contribution in [3.63, 3.8) is 0 Å². The van der Waals surface area contributed by atoms with Gasteiger partial charge >= 0.3 is 0 Å². The van der Waals surface area contributed by atoms with Crippen molar-refractivity contribution in [3.8, 4) is 0 Å². The van der Waals surface area contributed by atoms with E-state index in [0.29, 0.717) is 0 Å². The number of unbranched alkanes of at least 4 members (excludes halogenated alkanes) is 8. The Hall–Kier alpha value is 0.177. The summed E-state index contributed by atoms with van der Waals surface area (Å²) in [5.74, 6) is 0. The number of hydrogen-bond donors (Lipinski definition) is 0. The van der Waals surface area contributed by atoms with Crippen molar-refractivity contribution in [2.24, 2.45) is 0 Å². The van der Waals surface area contributed by atoms with Crippen LogP contribution in [0.2, 0.25) is 19.1 Å². The largest absolute Gasteiger partial charge is 0.417 e. The fraction of sp³-hybridized carbons (Fsp3) is 1.00. The maximum absolute atomic E-state index is 6.07. The summed E-state index contributed by atoms with van der Waals surface area (Å²) in [7, 11) is -1.32. The normalized spacial score (nSPS) is 12.0. The molecule has 2 heteroatoms. The highest BCUT2D eigenvalue weighted by atomic mass is 28.4. The molecule has 0 spiro atoms. The summed E-state index contributed by atoms with van der Waals surface area (Å²) < 4.78 is 6.07. The van der Waals surface area contributed by atoms with Gasteiger partial charge < -0.3 is 4.43 Å². The van der Waals surface area contributed by atoms with E-state index in [4.69, 9.17) is 4.43 Å². The van der Waals surface area contributed by atoms with Crippen molar-refractivity contribution in [1.82, 2.24) is 0 Å². The van der Waals surface area contributed by atoms with Gasteiger partial charge in [0.25, 0.3) is 0 Å². The molecule has 0 radical (unpaired) electrons. The van der Waals surface area contributed by atoms with Crippen LogP contribution in [0.3, 0.4) is 0 Å². The Morgan fingerprint density at radius 3 is 1.72 bits per heavy atom. The molecule has 0 aliphatic heterocycles. The van der Waals surface area contributed by atoms with Crippen molar-refractivity contribution in [3.05, 3.63) is 0 Å². The standard InChI is InChI=1S/C16H36OSi/c1-5-7-9-10-11-12-13-14-16-18(3,4)17-15-8-6-2/h5-16H2,1-4H3. The lowest BCUT2D eigenvalue weighted by Gasteiger charge is -2.22. The van der Waals surface area contributed by atoms with E-state index in [1.54, 1.807) is 0 Å². The highest BCUT2D eigenvalue weighted by Crippen LogP contribution is 2.18. The van der Waals surface area contributed by atoms with E-state index in [1.165, 1.54) is 70.3 Å². The molecule has 0 aliphatic rings. The van der Waals surface area contributed by atoms with Gasteiger partial charge in [0.05, 0.1) is 0 Å². The third-order valence-corrected chi connectivity index (χ3v) is 6.17. The third-order valence-electron chi connectivity index (χ3n) is 3.62. The van der Waals surface area contributed by atoms with Gasteiger partial charge in [-0.05, 0) is 25.6 Å². The second kappa shape index (κ2) is 12.2. The molecule has 18 heavy (non-hydrogen) atoms. The van der Waals surface area contributed by atoms with Crippen molar-refractivity contribution >= 4 is 8.32 Å². The summed E-state index contributed by atoms with van der Waals surface area (Å²) in [6, 6.07) is 1.35. The van der Waals surface area contributed by atoms with Crippen molar-refractivity contribution < 1.29 is 4.43 Å². The Morgan fingerprint density at radius 2 is 1.17 bits per heavy atom. The quantitative estimate of drug-likeness (QED) is 0.289. The van der Waals surface area contributed by atoms with Gasteiger partial charge in [-0.1, -0.05) is 71.6 Å². The van der Waals surface area contributed by atoms with Crippen LogP contribution in [0.5, 0.6) is 0 Å². The van der Waals surface area contributed by atoms with Crippen LogP contribution >= 0.6 is 0 Å². The average molecular weight is 273 g/mol. The molecule has 0 bridgehead atoms. The average Bonchev–Trinajstić information content (AvgIpc) is 2.33. The molecule has 0 aromatic heterocycles. The molecule has 1 nitrogen and oxygen atoms in total. The van der Waals surface area contributed by atoms with E-state index in [0.717, 1.165) is 6.61 Å². The topological polar surface area (TPSA) is 9.23 Å². The maximum atomic E-state index is 6.07. The van der Waals surface area contributed by atoms with E-state index >= 15 is 0 Å². The molecule has 0 fully saturated rings. The molecule has 0 atom stereocenters. The molecule has 0 aromatic carbocycles. The summed E-state index contributed by atoms with van der Waals surface area (Å²) in [5.41, 5.74) is 0. The second-order valence-electron chi connectivity index (χ2n) is 6.19. The number of rotatable bonds is 13. The van der Waals surface area contributed by atoms with Gasteiger partial charge in [-0.15, -0.1) is 0 Å². The second-order valence-corrected chi connectivity index (χ2v) is 10.5. The minimum absolute atomic E-state index is 0.993. The molecule has 0 saturated carbocycles. The highest BCUT2D eigenvalue weighted by molar-refractivity contribution is 6.71. The monoisotopic (exact) mass is 272 g/mol. The molecule has 0 unspecified atom stereocenters. The smallest absolute Gasteiger partial charge is 0.186 e. The van der Waals surface area contributed by atoms with E-state index in [2.05, 4.69) is 26.9 Å². The minimum Gasteiger partial charge on any atom is -0.417 e. The van der Waals surface area contributed by atoms with Crippen LogP contribution in [-0.2, 0) is 4.43 Å². The Bertz CT molecular complexity index is 168. The predicted octanol–water partition coefficient (Wildman–Crippen LogP) is 6.15. The van der Waals surface area contributed by atoms with Crippen LogP contribution in [0.1, 0.15) is 78.1 Å². The van der Waals surface area contributed by atoms with Crippen molar-refractivity contribution in [2.75, 3.05) is 6.61 Å². The Labute approximate surface area is 117 Å². The Balaban J connectivity index is 3.30. The molecule has 0 saturated heterocycles. The lowest BCUT2D eigenvalue weighted by Crippen LogP contribution is -2.30. The van der Waals surface area contributed by atoms with Gasteiger partial charge in [-0.2, -0.15) is 0 Å². The van der Waals surface area contributed by atoms with Crippen LogP contribution in [0.15, 0.2) is 0 Å². The molecule has 0 rings (SSSR count). The van der Waals surface area contributed by atoms with Crippen LogP contribution in [0.4, 0.5) is 0 Å². The molecular weight excluding hydrogens is 236 g/mol. The van der Waals surface area contributed by atoms with Gasteiger partial charge in [0.15, 0.2) is 8.32 Å². The molecule has 110 valence electrons. The third kappa shape index (κ3) is 12.6. The van der Waals surface area contributed by atoms with Crippen LogP contribution in [-0.4, -0.2) is 14.9 Å². The molecule has 0 N–H and O–H groups in total. The van der Waals surface area contributed by atoms with E-state index < -0.39 is 8.32 Å². The first kappa shape index (κ1) is 18.2. The first-order valence-corrected chi connectivity index (χ1v) is 11.4. The van der Waals surface area contributed by atoms with Gasteiger partial charge in [-0.25, -0.2) is 0 Å². The number of hydrogen-bond acceptors (Lipinski definition) is 1. The SMILES string of the molecule is CCCCCCCCCC[Si](C)(C)OCCCC. The first-order valence-electron chi connectivity index (χ1n) is 8.26. The van der Waals surface area contributed by atoms with Crippen molar-refractivity contribution in [1.29, 1.82) is 0 Å².